The zero-order valence-corrected chi connectivity index (χ0v) is 7.11. The summed E-state index contributed by atoms with van der Waals surface area (Å²) < 4.78 is 4.94. The Balaban J connectivity index is 3.12. The first-order valence-corrected chi connectivity index (χ1v) is 3.66. The summed E-state index contributed by atoms with van der Waals surface area (Å²) in [7, 11) is 1.90. The van der Waals surface area contributed by atoms with Crippen molar-refractivity contribution < 1.29 is 14.8 Å². The minimum atomic E-state index is -1.47. The largest absolute Gasteiger partial charge is 0.497 e. The van der Waals surface area contributed by atoms with E-state index in [2.05, 4.69) is 0 Å². The Hall–Kier alpha value is -0.930. The van der Waals surface area contributed by atoms with Crippen LogP contribution >= 0.6 is 0 Å². The van der Waals surface area contributed by atoms with Gasteiger partial charge in [-0.05, 0) is 6.07 Å². The van der Waals surface area contributed by atoms with Gasteiger partial charge >= 0.3 is 7.12 Å². The maximum Gasteiger partial charge on any atom is 0.492 e. The number of hydrogen-bond acceptors (Lipinski definition) is 3. The van der Waals surface area contributed by atoms with E-state index in [1.54, 1.807) is 12.1 Å². The van der Waals surface area contributed by atoms with Gasteiger partial charge in [-0.1, -0.05) is 17.6 Å². The molecule has 0 aliphatic carbocycles. The van der Waals surface area contributed by atoms with Crippen molar-refractivity contribution in [2.45, 2.75) is 0 Å². The summed E-state index contributed by atoms with van der Waals surface area (Å²) in [5, 5.41) is 17.9. The van der Waals surface area contributed by atoms with Crippen LogP contribution in [0.1, 0.15) is 0 Å². The van der Waals surface area contributed by atoms with Gasteiger partial charge in [-0.3, -0.25) is 0 Å². The molecule has 2 N–H and O–H groups in total. The molecule has 0 fully saturated rings. The normalized spacial score (nSPS) is 9.58. The molecule has 1 aromatic rings. The number of hydrogen-bond donors (Lipinski definition) is 2. The highest BCUT2D eigenvalue weighted by Gasteiger charge is 2.16. The summed E-state index contributed by atoms with van der Waals surface area (Å²) in [5.41, 5.74) is 1.37. The first-order valence-electron chi connectivity index (χ1n) is 3.66. The number of benzene rings is 1. The second-order valence-corrected chi connectivity index (χ2v) is 2.62. The van der Waals surface area contributed by atoms with Crippen LogP contribution in [0.5, 0.6) is 5.75 Å². The molecule has 1 aromatic carbocycles. The lowest BCUT2D eigenvalue weighted by molar-refractivity contribution is 0.403. The Morgan fingerprint density at radius 3 is 2.58 bits per heavy atom. The van der Waals surface area contributed by atoms with Crippen molar-refractivity contribution >= 4 is 25.9 Å². The zero-order valence-electron chi connectivity index (χ0n) is 7.11. The molecule has 0 aliphatic rings. The molecule has 3 nitrogen and oxygen atoms in total. The minimum absolute atomic E-state index is 0.400. The molecule has 0 amide bonds. The van der Waals surface area contributed by atoms with E-state index in [0.717, 1.165) is 5.46 Å². The number of rotatable bonds is 2. The molecule has 1 rings (SSSR count). The second-order valence-electron chi connectivity index (χ2n) is 2.62. The Bertz CT molecular complexity index is 275. The Morgan fingerprint density at radius 1 is 1.42 bits per heavy atom. The van der Waals surface area contributed by atoms with Crippen LogP contribution in [0.4, 0.5) is 0 Å². The number of ether oxygens (including phenoxy) is 1. The van der Waals surface area contributed by atoms with Gasteiger partial charge in [-0.25, -0.2) is 0 Å². The third kappa shape index (κ3) is 1.81. The van der Waals surface area contributed by atoms with Crippen molar-refractivity contribution in [2.24, 2.45) is 0 Å². The van der Waals surface area contributed by atoms with Crippen molar-refractivity contribution in [2.75, 3.05) is 7.11 Å². The maximum atomic E-state index is 8.94. The predicted octanol–water partition coefficient (Wildman–Crippen LogP) is -2.37. The van der Waals surface area contributed by atoms with E-state index in [1.807, 2.05) is 13.9 Å². The number of methoxy groups -OCH3 is 1. The molecule has 0 aliphatic heterocycles. The molecule has 0 saturated heterocycles. The molecule has 0 unspecified atom stereocenters. The molecule has 12 heavy (non-hydrogen) atoms. The van der Waals surface area contributed by atoms with Crippen LogP contribution in [0.3, 0.4) is 0 Å². The Morgan fingerprint density at radius 2 is 2.08 bits per heavy atom. The fourth-order valence-corrected chi connectivity index (χ4v) is 1.06. The molecular weight excluding hydrogens is 154 g/mol. The lowest BCUT2D eigenvalue weighted by Gasteiger charge is -2.07. The lowest BCUT2D eigenvalue weighted by atomic mass is 9.76. The highest BCUT2D eigenvalue weighted by Crippen LogP contribution is 2.03. The molecule has 5 heteroatoms. The van der Waals surface area contributed by atoms with E-state index in [1.165, 1.54) is 7.11 Å². The van der Waals surface area contributed by atoms with Crippen LogP contribution in [-0.4, -0.2) is 32.1 Å². The van der Waals surface area contributed by atoms with Gasteiger partial charge in [0.1, 0.15) is 13.6 Å². The van der Waals surface area contributed by atoms with Crippen LogP contribution in [0, 0.1) is 0 Å². The van der Waals surface area contributed by atoms with Crippen molar-refractivity contribution in [3.63, 3.8) is 0 Å². The van der Waals surface area contributed by atoms with Crippen LogP contribution in [0.2, 0.25) is 0 Å². The van der Waals surface area contributed by atoms with Gasteiger partial charge in [-0.2, -0.15) is 0 Å². The Labute approximate surface area is 72.5 Å². The quantitative estimate of drug-likeness (QED) is 0.480. The summed E-state index contributed by atoms with van der Waals surface area (Å²) in [6, 6.07) is 5.25. The first-order chi connectivity index (χ1) is 5.65. The standard InChI is InChI=1S/C7H10B2O3/c1-12-7-3-2-5(8)4-6(7)9(10)11/h2-4,10-11H,8H2,1H3. The van der Waals surface area contributed by atoms with Gasteiger partial charge in [-0.15, -0.1) is 0 Å². The summed E-state index contributed by atoms with van der Waals surface area (Å²) >= 11 is 0. The van der Waals surface area contributed by atoms with E-state index in [9.17, 15) is 0 Å². The minimum Gasteiger partial charge on any atom is -0.497 e. The molecule has 0 atom stereocenters. The van der Waals surface area contributed by atoms with Crippen LogP contribution < -0.4 is 15.7 Å². The van der Waals surface area contributed by atoms with Crippen LogP contribution in [0.25, 0.3) is 0 Å². The summed E-state index contributed by atoms with van der Waals surface area (Å²) in [6.45, 7) is 0. The van der Waals surface area contributed by atoms with Gasteiger partial charge in [0, 0.05) is 5.46 Å². The lowest BCUT2D eigenvalue weighted by Crippen LogP contribution is -2.33. The van der Waals surface area contributed by atoms with Gasteiger partial charge in [0.15, 0.2) is 0 Å². The van der Waals surface area contributed by atoms with Gasteiger partial charge in [0.05, 0.1) is 7.11 Å². The van der Waals surface area contributed by atoms with Crippen molar-refractivity contribution in [1.29, 1.82) is 0 Å². The highest BCUT2D eigenvalue weighted by atomic mass is 16.5. The smallest absolute Gasteiger partial charge is 0.492 e. The topological polar surface area (TPSA) is 49.7 Å². The fraction of sp³-hybridized carbons (Fsp3) is 0.143. The maximum absolute atomic E-state index is 8.94. The molecule has 0 heterocycles. The van der Waals surface area contributed by atoms with Crippen LogP contribution in [0.15, 0.2) is 18.2 Å². The molecule has 0 radical (unpaired) electrons. The summed E-state index contributed by atoms with van der Waals surface area (Å²) in [5.74, 6) is 0.496. The third-order valence-corrected chi connectivity index (χ3v) is 1.66. The van der Waals surface area contributed by atoms with E-state index in [0.29, 0.717) is 11.2 Å². The van der Waals surface area contributed by atoms with Gasteiger partial charge in [0.25, 0.3) is 0 Å². The average Bonchev–Trinajstić information content (AvgIpc) is 2.04. The van der Waals surface area contributed by atoms with Gasteiger partial charge < -0.3 is 14.8 Å². The molecule has 0 saturated carbocycles. The molecule has 0 bridgehead atoms. The van der Waals surface area contributed by atoms with Crippen LogP contribution in [-0.2, 0) is 0 Å². The zero-order chi connectivity index (χ0) is 9.14. The van der Waals surface area contributed by atoms with Crippen molar-refractivity contribution in [1.82, 2.24) is 0 Å². The van der Waals surface area contributed by atoms with Crippen molar-refractivity contribution in [3.8, 4) is 5.75 Å². The van der Waals surface area contributed by atoms with E-state index in [4.69, 9.17) is 14.8 Å². The average molecular weight is 164 g/mol. The summed E-state index contributed by atoms with van der Waals surface area (Å²) in [4.78, 5) is 0. The van der Waals surface area contributed by atoms with Crippen molar-refractivity contribution in [3.05, 3.63) is 18.2 Å². The third-order valence-electron chi connectivity index (χ3n) is 1.66. The SMILES string of the molecule is Bc1ccc(OC)c(B(O)O)c1. The fourth-order valence-electron chi connectivity index (χ4n) is 1.06. The van der Waals surface area contributed by atoms with E-state index < -0.39 is 7.12 Å². The second kappa shape index (κ2) is 3.65. The predicted molar refractivity (Wildman–Crippen MR) is 51.0 cm³/mol. The monoisotopic (exact) mass is 164 g/mol. The molecule has 62 valence electrons. The van der Waals surface area contributed by atoms with E-state index >= 15 is 0 Å². The Kier molecular flexibility index (Phi) is 2.78. The molecule has 0 spiro atoms. The van der Waals surface area contributed by atoms with E-state index in [-0.39, 0.29) is 0 Å². The molecular formula is C7H10B2O3. The summed E-state index contributed by atoms with van der Waals surface area (Å²) in [6.07, 6.45) is 0. The molecule has 0 aromatic heterocycles. The van der Waals surface area contributed by atoms with Gasteiger partial charge in [0.2, 0.25) is 0 Å². The highest BCUT2D eigenvalue weighted by molar-refractivity contribution is 6.60. The first kappa shape index (κ1) is 9.16.